The van der Waals surface area contributed by atoms with Crippen LogP contribution in [0.4, 0.5) is 0 Å². The summed E-state index contributed by atoms with van der Waals surface area (Å²) in [6, 6.07) is 2.39. The molecule has 0 spiro atoms. The molecule has 0 fully saturated rings. The molecule has 0 saturated heterocycles. The molecule has 0 saturated carbocycles. The first-order chi connectivity index (χ1) is 13.2. The van der Waals surface area contributed by atoms with Gasteiger partial charge in [-0.1, -0.05) is 6.92 Å². The van der Waals surface area contributed by atoms with Crippen molar-refractivity contribution < 1.29 is 0 Å². The van der Waals surface area contributed by atoms with Crippen LogP contribution in [0.2, 0.25) is 0 Å². The minimum Gasteiger partial charge on any atom is -0.357 e. The van der Waals surface area contributed by atoms with Crippen molar-refractivity contribution in [1.29, 1.82) is 0 Å². The maximum Gasteiger partial charge on any atom is 0.191 e. The normalized spacial score (nSPS) is 13.7. The third-order valence-corrected chi connectivity index (χ3v) is 5.05. The van der Waals surface area contributed by atoms with Crippen LogP contribution in [0.1, 0.15) is 49.1 Å². The lowest BCUT2D eigenvalue weighted by Gasteiger charge is -2.19. The van der Waals surface area contributed by atoms with Gasteiger partial charge in [0.1, 0.15) is 0 Å². The van der Waals surface area contributed by atoms with Gasteiger partial charge in [-0.05, 0) is 65.5 Å². The Kier molecular flexibility index (Phi) is 10.2. The average molecular weight is 515 g/mol. The van der Waals surface area contributed by atoms with Crippen molar-refractivity contribution in [3.63, 3.8) is 0 Å². The Balaban J connectivity index is 0.00000420. The van der Waals surface area contributed by atoms with Crippen molar-refractivity contribution in [2.45, 2.75) is 67.5 Å². The molecule has 0 aliphatic rings. The Bertz CT molecular complexity index is 806. The zero-order chi connectivity index (χ0) is 20.8. The topological polar surface area (TPSA) is 72.1 Å². The van der Waals surface area contributed by atoms with E-state index in [0.717, 1.165) is 43.4 Å². The van der Waals surface area contributed by atoms with Crippen LogP contribution in [-0.2, 0) is 20.0 Å². The van der Waals surface area contributed by atoms with E-state index < -0.39 is 0 Å². The largest absolute Gasteiger partial charge is 0.357 e. The molecule has 2 atom stereocenters. The van der Waals surface area contributed by atoms with E-state index in [1.54, 1.807) is 0 Å². The van der Waals surface area contributed by atoms with E-state index in [-0.39, 0.29) is 30.0 Å². The molecule has 0 aromatic carbocycles. The summed E-state index contributed by atoms with van der Waals surface area (Å²) in [6.45, 7) is 17.3. The van der Waals surface area contributed by atoms with E-state index in [1.807, 2.05) is 18.7 Å². The van der Waals surface area contributed by atoms with Gasteiger partial charge in [0.15, 0.2) is 5.96 Å². The van der Waals surface area contributed by atoms with Crippen LogP contribution in [-0.4, -0.2) is 44.7 Å². The molecule has 2 aromatic rings. The number of nitrogens with zero attached hydrogens (tertiary/aromatic N) is 5. The second-order valence-electron chi connectivity index (χ2n) is 7.96. The van der Waals surface area contributed by atoms with Crippen molar-refractivity contribution in [2.24, 2.45) is 18.0 Å². The van der Waals surface area contributed by atoms with Gasteiger partial charge in [0.05, 0.1) is 11.4 Å². The van der Waals surface area contributed by atoms with Crippen molar-refractivity contribution >= 4 is 29.9 Å². The molecule has 2 heterocycles. The minimum absolute atomic E-state index is 0. The predicted molar refractivity (Wildman–Crippen MR) is 131 cm³/mol. The van der Waals surface area contributed by atoms with E-state index in [4.69, 9.17) is 4.99 Å². The maximum atomic E-state index is 4.81. The number of hydrogen-bond donors (Lipinski definition) is 2. The van der Waals surface area contributed by atoms with Crippen molar-refractivity contribution in [3.05, 3.63) is 34.4 Å². The summed E-state index contributed by atoms with van der Waals surface area (Å²) >= 11 is 0. The van der Waals surface area contributed by atoms with Crippen LogP contribution in [0.3, 0.4) is 0 Å². The maximum absolute atomic E-state index is 4.81. The van der Waals surface area contributed by atoms with Gasteiger partial charge in [0.25, 0.3) is 0 Å². The van der Waals surface area contributed by atoms with E-state index in [0.29, 0.717) is 5.92 Å². The number of nitrogens with one attached hydrogen (secondary N) is 2. The second-order valence-corrected chi connectivity index (χ2v) is 7.96. The number of halogens is 1. The third kappa shape index (κ3) is 7.31. The molecule has 2 aromatic heterocycles. The van der Waals surface area contributed by atoms with Crippen LogP contribution in [0, 0.1) is 33.6 Å². The number of rotatable bonds is 8. The number of aromatic nitrogens is 4. The smallest absolute Gasteiger partial charge is 0.191 e. The fourth-order valence-electron chi connectivity index (χ4n) is 3.48. The van der Waals surface area contributed by atoms with E-state index in [1.165, 1.54) is 17.0 Å². The molecule has 2 rings (SSSR count). The van der Waals surface area contributed by atoms with Crippen LogP contribution in [0.25, 0.3) is 0 Å². The van der Waals surface area contributed by atoms with Crippen molar-refractivity contribution in [2.75, 3.05) is 13.1 Å². The third-order valence-electron chi connectivity index (χ3n) is 5.05. The first kappa shape index (κ1) is 25.5. The second kappa shape index (κ2) is 11.6. The number of hydrogen-bond acceptors (Lipinski definition) is 3. The van der Waals surface area contributed by atoms with E-state index in [2.05, 4.69) is 73.1 Å². The van der Waals surface area contributed by atoms with Crippen LogP contribution in [0.5, 0.6) is 0 Å². The van der Waals surface area contributed by atoms with Gasteiger partial charge in [-0.2, -0.15) is 10.2 Å². The molecule has 0 radical (unpaired) electrons. The molecule has 8 heteroatoms. The molecule has 0 bridgehead atoms. The summed E-state index contributed by atoms with van der Waals surface area (Å²) < 4.78 is 4.03. The number of aryl methyl sites for hydroxylation is 4. The first-order valence-corrected chi connectivity index (χ1v) is 10.3. The standard InChI is InChI=1S/C21H37N7.HI/c1-9-22-21(23-12-14(2)13-28-17(5)10-16(4)25-28)24-15(3)11-20-18(6)26-27(8)19(20)7;/h10,14-15H,9,11-13H2,1-8H3,(H2,22,23,24);1H. The van der Waals surface area contributed by atoms with Crippen LogP contribution >= 0.6 is 24.0 Å². The Hall–Kier alpha value is -1.58. The molecule has 0 amide bonds. The van der Waals surface area contributed by atoms with E-state index in [9.17, 15) is 0 Å². The predicted octanol–water partition coefficient (Wildman–Crippen LogP) is 3.29. The number of aliphatic imine (C=N–C) groups is 1. The summed E-state index contributed by atoms with van der Waals surface area (Å²) in [5.41, 5.74) is 5.92. The monoisotopic (exact) mass is 515 g/mol. The average Bonchev–Trinajstić information content (AvgIpc) is 3.05. The highest BCUT2D eigenvalue weighted by Gasteiger charge is 2.14. The zero-order valence-corrected chi connectivity index (χ0v) is 21.5. The fraction of sp³-hybridized carbons (Fsp3) is 0.667. The Labute approximate surface area is 192 Å². The van der Waals surface area contributed by atoms with Gasteiger partial charge in [-0.25, -0.2) is 0 Å². The highest BCUT2D eigenvalue weighted by Crippen LogP contribution is 2.14. The van der Waals surface area contributed by atoms with Crippen LogP contribution < -0.4 is 10.6 Å². The van der Waals surface area contributed by atoms with Gasteiger partial charge >= 0.3 is 0 Å². The summed E-state index contributed by atoms with van der Waals surface area (Å²) in [5, 5.41) is 16.0. The Morgan fingerprint density at radius 3 is 2.38 bits per heavy atom. The lowest BCUT2D eigenvalue weighted by atomic mass is 10.1. The molecule has 0 aliphatic heterocycles. The SMILES string of the molecule is CCNC(=NCC(C)Cn1nc(C)cc1C)NC(C)Cc1c(C)nn(C)c1C.I. The highest BCUT2D eigenvalue weighted by atomic mass is 127. The van der Waals surface area contributed by atoms with Gasteiger partial charge in [0, 0.05) is 44.1 Å². The summed E-state index contributed by atoms with van der Waals surface area (Å²) in [6.07, 6.45) is 0.928. The molecule has 2 N–H and O–H groups in total. The minimum atomic E-state index is 0. The number of guanidine groups is 1. The summed E-state index contributed by atoms with van der Waals surface area (Å²) in [5.74, 6) is 1.28. The lowest BCUT2D eigenvalue weighted by molar-refractivity contribution is 0.449. The lowest BCUT2D eigenvalue weighted by Crippen LogP contribution is -2.43. The molecular weight excluding hydrogens is 477 g/mol. The fourth-order valence-corrected chi connectivity index (χ4v) is 3.48. The Morgan fingerprint density at radius 2 is 1.86 bits per heavy atom. The Morgan fingerprint density at radius 1 is 1.17 bits per heavy atom. The van der Waals surface area contributed by atoms with Gasteiger partial charge in [-0.15, -0.1) is 24.0 Å². The molecule has 7 nitrogen and oxygen atoms in total. The summed E-state index contributed by atoms with van der Waals surface area (Å²) in [7, 11) is 2.00. The molecule has 29 heavy (non-hydrogen) atoms. The first-order valence-electron chi connectivity index (χ1n) is 10.3. The molecule has 164 valence electrons. The van der Waals surface area contributed by atoms with E-state index >= 15 is 0 Å². The highest BCUT2D eigenvalue weighted by molar-refractivity contribution is 14.0. The van der Waals surface area contributed by atoms with Crippen molar-refractivity contribution in [1.82, 2.24) is 30.2 Å². The van der Waals surface area contributed by atoms with Crippen molar-refractivity contribution in [3.8, 4) is 0 Å². The molecule has 2 unspecified atom stereocenters. The quantitative estimate of drug-likeness (QED) is 0.322. The molecule has 0 aliphatic carbocycles. The van der Waals surface area contributed by atoms with Gasteiger partial charge < -0.3 is 10.6 Å². The van der Waals surface area contributed by atoms with Crippen LogP contribution in [0.15, 0.2) is 11.1 Å². The molecular formula is C21H38IN7. The van der Waals surface area contributed by atoms with Gasteiger partial charge in [0.2, 0.25) is 0 Å². The van der Waals surface area contributed by atoms with Gasteiger partial charge in [-0.3, -0.25) is 14.4 Å². The summed E-state index contributed by atoms with van der Waals surface area (Å²) in [4.78, 5) is 4.81. The zero-order valence-electron chi connectivity index (χ0n) is 19.2.